The number of aryl methyl sites for hydroxylation is 2. The summed E-state index contributed by atoms with van der Waals surface area (Å²) in [7, 11) is 1.71. The lowest BCUT2D eigenvalue weighted by Gasteiger charge is -2.11. The van der Waals surface area contributed by atoms with Crippen molar-refractivity contribution < 1.29 is 9.63 Å². The van der Waals surface area contributed by atoms with Gasteiger partial charge < -0.3 is 10.2 Å². The van der Waals surface area contributed by atoms with E-state index in [0.29, 0.717) is 28.7 Å². The summed E-state index contributed by atoms with van der Waals surface area (Å²) in [6.45, 7) is 4.50. The first-order valence-corrected chi connectivity index (χ1v) is 10.2. The molecule has 6 nitrogen and oxygen atoms in total. The van der Waals surface area contributed by atoms with Crippen molar-refractivity contribution in [3.8, 4) is 11.1 Å². The van der Waals surface area contributed by atoms with Gasteiger partial charge in [0, 0.05) is 18.3 Å². The van der Waals surface area contributed by atoms with Gasteiger partial charge >= 0.3 is 0 Å². The third kappa shape index (κ3) is 5.07. The number of rotatable bonds is 8. The Bertz CT molecular complexity index is 1040. The van der Waals surface area contributed by atoms with E-state index in [1.807, 2.05) is 48.5 Å². The van der Waals surface area contributed by atoms with Crippen molar-refractivity contribution in [2.75, 3.05) is 11.9 Å². The topological polar surface area (TPSA) is 68.5 Å². The number of benzene rings is 2. The van der Waals surface area contributed by atoms with E-state index in [0.717, 1.165) is 29.5 Å². The molecule has 0 aliphatic rings. The molecular weight excluding hydrogens is 400 g/mol. The van der Waals surface area contributed by atoms with Crippen LogP contribution in [0.4, 0.5) is 5.69 Å². The van der Waals surface area contributed by atoms with Gasteiger partial charge in [0.15, 0.2) is 0 Å². The second kappa shape index (κ2) is 10.1. The molecule has 0 saturated heterocycles. The van der Waals surface area contributed by atoms with E-state index in [-0.39, 0.29) is 5.91 Å². The molecule has 2 aromatic carbocycles. The number of carbonyl (C=O) groups excluding carboxylic acids is 1. The van der Waals surface area contributed by atoms with E-state index < -0.39 is 0 Å². The molecule has 0 atom stereocenters. The van der Waals surface area contributed by atoms with Gasteiger partial charge in [-0.15, -0.1) is 0 Å². The van der Waals surface area contributed by atoms with Crippen LogP contribution in [0.3, 0.4) is 0 Å². The second-order valence-electron chi connectivity index (χ2n) is 6.92. The Morgan fingerprint density at radius 3 is 2.63 bits per heavy atom. The summed E-state index contributed by atoms with van der Waals surface area (Å²) in [4.78, 5) is 18.0. The standard InChI is InChI=1S/C23H25ClN4O2/c1-4-5-14-30-25-15-17-10-12-18(13-11-17)19-8-6-7-9-20(19)26-23(29)21-16(2)27-28(3)22(21)24/h6-13,15H,4-5,14H2,1-3H3,(H,26,29)/b25-15+. The van der Waals surface area contributed by atoms with Crippen LogP contribution >= 0.6 is 11.6 Å². The normalized spacial score (nSPS) is 11.1. The van der Waals surface area contributed by atoms with E-state index in [2.05, 4.69) is 22.5 Å². The molecule has 0 fully saturated rings. The zero-order chi connectivity index (χ0) is 21.5. The van der Waals surface area contributed by atoms with Crippen molar-refractivity contribution in [2.45, 2.75) is 26.7 Å². The third-order valence-electron chi connectivity index (χ3n) is 4.64. The highest BCUT2D eigenvalue weighted by Crippen LogP contribution is 2.29. The highest BCUT2D eigenvalue weighted by Gasteiger charge is 2.20. The molecule has 3 aromatic rings. The molecule has 0 unspecified atom stereocenters. The van der Waals surface area contributed by atoms with Crippen molar-refractivity contribution in [2.24, 2.45) is 12.2 Å². The summed E-state index contributed by atoms with van der Waals surface area (Å²) in [5.74, 6) is -0.286. The summed E-state index contributed by atoms with van der Waals surface area (Å²) in [6, 6.07) is 15.5. The van der Waals surface area contributed by atoms with Gasteiger partial charge in [0.25, 0.3) is 5.91 Å². The Hall–Kier alpha value is -3.12. The monoisotopic (exact) mass is 424 g/mol. The molecule has 3 rings (SSSR count). The van der Waals surface area contributed by atoms with Crippen LogP contribution in [0.15, 0.2) is 53.7 Å². The zero-order valence-electron chi connectivity index (χ0n) is 17.4. The number of carbonyl (C=O) groups is 1. The number of para-hydroxylation sites is 1. The number of anilines is 1. The lowest BCUT2D eigenvalue weighted by atomic mass is 10.0. The van der Waals surface area contributed by atoms with E-state index >= 15 is 0 Å². The van der Waals surface area contributed by atoms with Gasteiger partial charge in [-0.1, -0.05) is 72.6 Å². The lowest BCUT2D eigenvalue weighted by Crippen LogP contribution is -2.13. The molecule has 0 saturated carbocycles. The van der Waals surface area contributed by atoms with Crippen LogP contribution < -0.4 is 5.32 Å². The van der Waals surface area contributed by atoms with Crippen molar-refractivity contribution in [3.05, 3.63) is 70.5 Å². The molecule has 0 aliphatic heterocycles. The summed E-state index contributed by atoms with van der Waals surface area (Å²) in [5, 5.41) is 11.5. The second-order valence-corrected chi connectivity index (χ2v) is 7.28. The van der Waals surface area contributed by atoms with Crippen molar-refractivity contribution in [1.29, 1.82) is 0 Å². The highest BCUT2D eigenvalue weighted by molar-refractivity contribution is 6.33. The molecule has 0 radical (unpaired) electrons. The lowest BCUT2D eigenvalue weighted by molar-refractivity contribution is 0.102. The Balaban J connectivity index is 1.77. The van der Waals surface area contributed by atoms with E-state index in [9.17, 15) is 4.79 Å². The van der Waals surface area contributed by atoms with Gasteiger partial charge in [0.05, 0.1) is 17.5 Å². The number of aromatic nitrogens is 2. The number of amides is 1. The minimum atomic E-state index is -0.286. The molecule has 0 bridgehead atoms. The van der Waals surface area contributed by atoms with E-state index in [1.54, 1.807) is 20.2 Å². The quantitative estimate of drug-likeness (QED) is 0.297. The first-order valence-electron chi connectivity index (χ1n) is 9.86. The SMILES string of the molecule is CCCCO/N=C/c1ccc(-c2ccccc2NC(=O)c2c(C)nn(C)c2Cl)cc1. The summed E-state index contributed by atoms with van der Waals surface area (Å²) in [6.07, 6.45) is 3.76. The number of unbranched alkanes of at least 4 members (excludes halogenated alkanes) is 1. The predicted molar refractivity (Wildman–Crippen MR) is 121 cm³/mol. The van der Waals surface area contributed by atoms with Crippen molar-refractivity contribution in [3.63, 3.8) is 0 Å². The molecule has 156 valence electrons. The molecule has 1 heterocycles. The van der Waals surface area contributed by atoms with E-state index in [1.165, 1.54) is 4.68 Å². The maximum absolute atomic E-state index is 12.8. The van der Waals surface area contributed by atoms with Crippen LogP contribution in [0.2, 0.25) is 5.15 Å². The van der Waals surface area contributed by atoms with Crippen molar-refractivity contribution in [1.82, 2.24) is 9.78 Å². The number of nitrogens with one attached hydrogen (secondary N) is 1. The average molecular weight is 425 g/mol. The van der Waals surface area contributed by atoms with E-state index in [4.69, 9.17) is 16.4 Å². The van der Waals surface area contributed by atoms with Gasteiger partial charge in [0.2, 0.25) is 0 Å². The number of hydrogen-bond donors (Lipinski definition) is 1. The Morgan fingerprint density at radius 1 is 1.23 bits per heavy atom. The van der Waals surface area contributed by atoms with Crippen LogP contribution in [-0.4, -0.2) is 28.5 Å². The number of halogens is 1. The number of oxime groups is 1. The van der Waals surface area contributed by atoms with Crippen LogP contribution in [0.25, 0.3) is 11.1 Å². The highest BCUT2D eigenvalue weighted by atomic mass is 35.5. The van der Waals surface area contributed by atoms with Crippen molar-refractivity contribution >= 4 is 29.4 Å². The number of hydrogen-bond acceptors (Lipinski definition) is 4. The summed E-state index contributed by atoms with van der Waals surface area (Å²) >= 11 is 6.24. The smallest absolute Gasteiger partial charge is 0.260 e. The fraction of sp³-hybridized carbons (Fsp3) is 0.261. The van der Waals surface area contributed by atoms with Gasteiger partial charge in [-0.2, -0.15) is 5.10 Å². The number of nitrogens with zero attached hydrogens (tertiary/aromatic N) is 3. The van der Waals surface area contributed by atoms with Gasteiger partial charge in [-0.05, 0) is 30.5 Å². The summed E-state index contributed by atoms with van der Waals surface area (Å²) < 4.78 is 1.49. The van der Waals surface area contributed by atoms with Gasteiger partial charge in [-0.3, -0.25) is 9.48 Å². The molecule has 0 aliphatic carbocycles. The minimum absolute atomic E-state index is 0.286. The average Bonchev–Trinajstić information content (AvgIpc) is 3.00. The fourth-order valence-corrected chi connectivity index (χ4v) is 3.29. The first-order chi connectivity index (χ1) is 14.5. The maximum atomic E-state index is 12.8. The van der Waals surface area contributed by atoms with Crippen LogP contribution in [0.5, 0.6) is 0 Å². The Morgan fingerprint density at radius 2 is 1.97 bits per heavy atom. The molecule has 30 heavy (non-hydrogen) atoms. The Kier molecular flexibility index (Phi) is 7.25. The van der Waals surface area contributed by atoms with Gasteiger partial charge in [0.1, 0.15) is 11.8 Å². The summed E-state index contributed by atoms with van der Waals surface area (Å²) in [5.41, 5.74) is 4.49. The molecule has 1 aromatic heterocycles. The zero-order valence-corrected chi connectivity index (χ0v) is 18.1. The van der Waals surface area contributed by atoms with Crippen LogP contribution in [-0.2, 0) is 11.9 Å². The Labute approximate surface area is 181 Å². The largest absolute Gasteiger partial charge is 0.396 e. The van der Waals surface area contributed by atoms with Gasteiger partial charge in [-0.25, -0.2) is 0 Å². The molecule has 7 heteroatoms. The minimum Gasteiger partial charge on any atom is -0.396 e. The predicted octanol–water partition coefficient (Wildman–Crippen LogP) is 5.45. The molecule has 1 amide bonds. The third-order valence-corrected chi connectivity index (χ3v) is 5.08. The van der Waals surface area contributed by atoms with Crippen LogP contribution in [0, 0.1) is 6.92 Å². The fourth-order valence-electron chi connectivity index (χ4n) is 3.03. The molecule has 1 N–H and O–H groups in total. The first kappa shape index (κ1) is 21.6. The molecule has 0 spiro atoms. The molecular formula is C23H25ClN4O2. The maximum Gasteiger partial charge on any atom is 0.260 e. The van der Waals surface area contributed by atoms with Crippen LogP contribution in [0.1, 0.15) is 41.4 Å².